The highest BCUT2D eigenvalue weighted by Crippen LogP contribution is 2.44. The zero-order chi connectivity index (χ0) is 22.2. The lowest BCUT2D eigenvalue weighted by Gasteiger charge is -2.22. The summed E-state index contributed by atoms with van der Waals surface area (Å²) in [6.07, 6.45) is 0.898. The van der Waals surface area contributed by atoms with Gasteiger partial charge in [0.15, 0.2) is 5.13 Å². The van der Waals surface area contributed by atoms with Crippen LogP contribution >= 0.6 is 11.3 Å². The molecule has 0 spiro atoms. The lowest BCUT2D eigenvalue weighted by Crippen LogP contribution is -2.29. The fourth-order valence-electron chi connectivity index (χ4n) is 4.01. The first kappa shape index (κ1) is 20.2. The number of amides is 1. The molecule has 1 N–H and O–H groups in total. The Hall–Kier alpha value is -3.77. The summed E-state index contributed by atoms with van der Waals surface area (Å²) in [6, 6.07) is 23.4. The second kappa shape index (κ2) is 8.05. The number of anilines is 1. The Morgan fingerprint density at radius 3 is 2.38 bits per heavy atom. The highest BCUT2D eigenvalue weighted by Gasteiger charge is 2.48. The van der Waals surface area contributed by atoms with E-state index in [0.29, 0.717) is 10.7 Å². The molecular formula is C26H20N2O3S. The smallest absolute Gasteiger partial charge is 0.301 e. The summed E-state index contributed by atoms with van der Waals surface area (Å²) in [7, 11) is 0. The number of benzene rings is 3. The van der Waals surface area contributed by atoms with Crippen LogP contribution in [0.2, 0.25) is 0 Å². The number of aromatic nitrogens is 1. The molecule has 0 saturated carbocycles. The Kier molecular flexibility index (Phi) is 5.07. The van der Waals surface area contributed by atoms with Crippen molar-refractivity contribution in [2.45, 2.75) is 19.4 Å². The number of ketones is 1. The second-order valence-electron chi connectivity index (χ2n) is 7.60. The lowest BCUT2D eigenvalue weighted by atomic mass is 9.95. The summed E-state index contributed by atoms with van der Waals surface area (Å²) in [5.74, 6) is -1.59. The molecule has 0 bridgehead atoms. The number of aliphatic hydroxyl groups excluding tert-OH is 1. The first-order chi connectivity index (χ1) is 15.6. The van der Waals surface area contributed by atoms with Gasteiger partial charge < -0.3 is 5.11 Å². The summed E-state index contributed by atoms with van der Waals surface area (Å²) in [5.41, 5.74) is 3.25. The average Bonchev–Trinajstić information content (AvgIpc) is 3.37. The number of aliphatic hydroxyl groups is 1. The van der Waals surface area contributed by atoms with Crippen LogP contribution in [0.1, 0.15) is 29.7 Å². The van der Waals surface area contributed by atoms with E-state index in [4.69, 9.17) is 0 Å². The van der Waals surface area contributed by atoms with E-state index in [1.807, 2.05) is 48.5 Å². The third-order valence-electron chi connectivity index (χ3n) is 5.66. The molecular weight excluding hydrogens is 420 g/mol. The van der Waals surface area contributed by atoms with Crippen LogP contribution in [-0.2, 0) is 16.0 Å². The van der Waals surface area contributed by atoms with Crippen molar-refractivity contribution in [1.29, 1.82) is 0 Å². The molecule has 158 valence electrons. The van der Waals surface area contributed by atoms with E-state index in [9.17, 15) is 14.7 Å². The third kappa shape index (κ3) is 3.29. The van der Waals surface area contributed by atoms with Crippen molar-refractivity contribution in [1.82, 2.24) is 4.98 Å². The molecule has 32 heavy (non-hydrogen) atoms. The van der Waals surface area contributed by atoms with E-state index in [1.165, 1.54) is 21.8 Å². The first-order valence-corrected chi connectivity index (χ1v) is 11.2. The number of hydrogen-bond donors (Lipinski definition) is 1. The lowest BCUT2D eigenvalue weighted by molar-refractivity contribution is -0.132. The topological polar surface area (TPSA) is 70.5 Å². The number of hydrogen-bond acceptors (Lipinski definition) is 5. The number of thiazole rings is 1. The Morgan fingerprint density at radius 2 is 1.69 bits per heavy atom. The summed E-state index contributed by atoms with van der Waals surface area (Å²) in [5, 5.41) is 11.5. The normalized spacial score (nSPS) is 17.9. The van der Waals surface area contributed by atoms with E-state index in [-0.39, 0.29) is 11.3 Å². The zero-order valence-electron chi connectivity index (χ0n) is 17.4. The van der Waals surface area contributed by atoms with Crippen molar-refractivity contribution in [2.24, 2.45) is 0 Å². The molecule has 4 aromatic rings. The third-order valence-corrected chi connectivity index (χ3v) is 6.68. The monoisotopic (exact) mass is 440 g/mol. The molecule has 0 aliphatic carbocycles. The van der Waals surface area contributed by atoms with Gasteiger partial charge in [-0.2, -0.15) is 0 Å². The molecule has 5 nitrogen and oxygen atoms in total. The Labute approximate surface area is 189 Å². The van der Waals surface area contributed by atoms with Crippen molar-refractivity contribution in [3.05, 3.63) is 101 Å². The van der Waals surface area contributed by atoms with Gasteiger partial charge in [-0.25, -0.2) is 4.98 Å². The van der Waals surface area contributed by atoms with Crippen molar-refractivity contribution in [2.75, 3.05) is 4.90 Å². The van der Waals surface area contributed by atoms with E-state index in [1.54, 1.807) is 24.3 Å². The van der Waals surface area contributed by atoms with Gasteiger partial charge in [0.2, 0.25) is 0 Å². The number of nitrogens with zero attached hydrogens (tertiary/aromatic N) is 2. The fraction of sp³-hybridized carbons (Fsp3) is 0.115. The molecule has 5 rings (SSSR count). The predicted octanol–water partition coefficient (Wildman–Crippen LogP) is 5.49. The van der Waals surface area contributed by atoms with Gasteiger partial charge in [0.1, 0.15) is 5.76 Å². The van der Waals surface area contributed by atoms with Gasteiger partial charge >= 0.3 is 5.91 Å². The number of fused-ring (bicyclic) bond motifs is 1. The minimum Gasteiger partial charge on any atom is -0.507 e. The number of carbonyl (C=O) groups is 2. The molecule has 0 unspecified atom stereocenters. The Morgan fingerprint density at radius 1 is 1.00 bits per heavy atom. The maximum absolute atomic E-state index is 13.2. The molecule has 1 saturated heterocycles. The standard InChI is InChI=1S/C26H20N2O3S/c1-2-16-13-14-19-20(15-16)32-26(27-19)28-22(17-9-5-3-6-10-17)21(24(30)25(28)31)23(29)18-11-7-4-8-12-18/h3-15,22,29H,2H2,1H3/t22-/m1/s1. The molecule has 3 aromatic carbocycles. The quantitative estimate of drug-likeness (QED) is 0.259. The molecule has 2 heterocycles. The number of rotatable bonds is 4. The van der Waals surface area contributed by atoms with Gasteiger partial charge in [-0.05, 0) is 29.7 Å². The maximum atomic E-state index is 13.2. The molecule has 1 atom stereocenters. The maximum Gasteiger partial charge on any atom is 0.301 e. The van der Waals surface area contributed by atoms with Gasteiger partial charge in [0.05, 0.1) is 21.8 Å². The van der Waals surface area contributed by atoms with Crippen LogP contribution in [0.25, 0.3) is 16.0 Å². The molecule has 1 fully saturated rings. The van der Waals surface area contributed by atoms with Crippen LogP contribution < -0.4 is 4.90 Å². The first-order valence-electron chi connectivity index (χ1n) is 10.4. The van der Waals surface area contributed by atoms with Crippen molar-refractivity contribution < 1.29 is 14.7 Å². The van der Waals surface area contributed by atoms with Crippen LogP contribution in [0.15, 0.2) is 84.4 Å². The summed E-state index contributed by atoms with van der Waals surface area (Å²) >= 11 is 1.38. The SMILES string of the molecule is CCc1ccc2nc(N3C(=O)C(=O)C(=C(O)c4ccccc4)[C@H]3c3ccccc3)sc2c1. The number of aryl methyl sites for hydroxylation is 1. The molecule has 1 aliphatic rings. The number of carbonyl (C=O) groups excluding carboxylic acids is 2. The van der Waals surface area contributed by atoms with Crippen LogP contribution in [0, 0.1) is 0 Å². The molecule has 6 heteroatoms. The molecule has 1 amide bonds. The predicted molar refractivity (Wildman–Crippen MR) is 127 cm³/mol. The van der Waals surface area contributed by atoms with Crippen molar-refractivity contribution in [3.63, 3.8) is 0 Å². The van der Waals surface area contributed by atoms with Gasteiger partial charge in [0.25, 0.3) is 5.78 Å². The summed E-state index contributed by atoms with van der Waals surface area (Å²) in [4.78, 5) is 32.5. The van der Waals surface area contributed by atoms with Gasteiger partial charge in [-0.1, -0.05) is 85.0 Å². The molecule has 1 aliphatic heterocycles. The van der Waals surface area contributed by atoms with Crippen LogP contribution in [0.3, 0.4) is 0 Å². The van der Waals surface area contributed by atoms with Crippen molar-refractivity contribution >= 4 is 44.1 Å². The average molecular weight is 441 g/mol. The minimum absolute atomic E-state index is 0.0703. The van der Waals surface area contributed by atoms with Gasteiger partial charge in [0, 0.05) is 5.56 Å². The fourth-order valence-corrected chi connectivity index (χ4v) is 5.07. The summed E-state index contributed by atoms with van der Waals surface area (Å²) < 4.78 is 0.955. The number of Topliss-reactive ketones (excluding diaryl/α,β-unsaturated/α-hetero) is 1. The largest absolute Gasteiger partial charge is 0.507 e. The van der Waals surface area contributed by atoms with Crippen LogP contribution in [-0.4, -0.2) is 21.8 Å². The molecule has 1 aromatic heterocycles. The van der Waals surface area contributed by atoms with Crippen LogP contribution in [0.4, 0.5) is 5.13 Å². The highest BCUT2D eigenvalue weighted by atomic mass is 32.1. The zero-order valence-corrected chi connectivity index (χ0v) is 18.2. The Bertz CT molecular complexity index is 1360. The summed E-state index contributed by atoms with van der Waals surface area (Å²) in [6.45, 7) is 2.08. The van der Waals surface area contributed by atoms with Gasteiger partial charge in [-0.15, -0.1) is 0 Å². The van der Waals surface area contributed by atoms with Gasteiger partial charge in [-0.3, -0.25) is 14.5 Å². The van der Waals surface area contributed by atoms with E-state index in [2.05, 4.69) is 18.0 Å². The van der Waals surface area contributed by atoms with Crippen molar-refractivity contribution in [3.8, 4) is 0 Å². The second-order valence-corrected chi connectivity index (χ2v) is 8.61. The minimum atomic E-state index is -0.761. The van der Waals surface area contributed by atoms with E-state index in [0.717, 1.165) is 22.2 Å². The molecule has 0 radical (unpaired) electrons. The highest BCUT2D eigenvalue weighted by molar-refractivity contribution is 7.22. The van der Waals surface area contributed by atoms with E-state index < -0.39 is 17.7 Å². The Balaban J connectivity index is 1.71. The van der Waals surface area contributed by atoms with E-state index >= 15 is 0 Å². The van der Waals surface area contributed by atoms with Crippen LogP contribution in [0.5, 0.6) is 0 Å².